The molecular formula is C33H23FN2O3S. The first kappa shape index (κ1) is 25.4. The summed E-state index contributed by atoms with van der Waals surface area (Å²) in [6, 6.07) is 30.9. The number of carboxylic acid groups (broad SMARTS) is 1. The second-order valence-corrected chi connectivity index (χ2v) is 10.4. The summed E-state index contributed by atoms with van der Waals surface area (Å²) < 4.78 is 19.6. The molecule has 0 saturated carbocycles. The topological polar surface area (TPSA) is 79.3 Å². The van der Waals surface area contributed by atoms with E-state index in [1.807, 2.05) is 24.3 Å². The van der Waals surface area contributed by atoms with Crippen molar-refractivity contribution in [1.82, 2.24) is 9.69 Å². The number of carboxylic acids is 1. The van der Waals surface area contributed by atoms with Gasteiger partial charge in [-0.3, -0.25) is 4.79 Å². The number of nitrogens with zero attached hydrogens (tertiary/aromatic N) is 1. The summed E-state index contributed by atoms with van der Waals surface area (Å²) in [5.41, 5.74) is 4.71. The van der Waals surface area contributed by atoms with Crippen LogP contribution in [0.2, 0.25) is 0 Å². The number of aromatic carboxylic acids is 1. The van der Waals surface area contributed by atoms with Crippen molar-refractivity contribution in [2.45, 2.75) is 13.0 Å². The number of rotatable bonds is 7. The Balaban J connectivity index is 1.38. The molecule has 0 unspecified atom stereocenters. The molecule has 0 atom stereocenters. The van der Waals surface area contributed by atoms with E-state index in [0.717, 1.165) is 43.2 Å². The number of aromatic nitrogens is 1. The van der Waals surface area contributed by atoms with Crippen molar-refractivity contribution in [3.63, 3.8) is 0 Å². The summed E-state index contributed by atoms with van der Waals surface area (Å²) >= 11 is 1.32. The predicted octanol–water partition coefficient (Wildman–Crippen LogP) is 7.47. The van der Waals surface area contributed by atoms with Gasteiger partial charge >= 0.3 is 5.97 Å². The van der Waals surface area contributed by atoms with E-state index in [1.54, 1.807) is 24.3 Å². The molecule has 6 aromatic rings. The fourth-order valence-electron chi connectivity index (χ4n) is 4.85. The van der Waals surface area contributed by atoms with Gasteiger partial charge in [0.2, 0.25) is 0 Å². The third-order valence-corrected chi connectivity index (χ3v) is 7.72. The highest BCUT2D eigenvalue weighted by molar-refractivity contribution is 7.13. The van der Waals surface area contributed by atoms with Crippen LogP contribution in [0.25, 0.3) is 32.0 Å². The average Bonchev–Trinajstić information content (AvgIpc) is 3.38. The van der Waals surface area contributed by atoms with Crippen LogP contribution in [0.5, 0.6) is 0 Å². The van der Waals surface area contributed by atoms with Crippen molar-refractivity contribution in [2.24, 2.45) is 0 Å². The van der Waals surface area contributed by atoms with E-state index in [-0.39, 0.29) is 23.8 Å². The van der Waals surface area contributed by atoms with E-state index in [1.165, 1.54) is 35.8 Å². The molecular weight excluding hydrogens is 523 g/mol. The van der Waals surface area contributed by atoms with Crippen LogP contribution in [-0.4, -0.2) is 21.4 Å². The predicted molar refractivity (Wildman–Crippen MR) is 156 cm³/mol. The highest BCUT2D eigenvalue weighted by atomic mass is 32.1. The Hall–Kier alpha value is -4.88. The van der Waals surface area contributed by atoms with Crippen LogP contribution in [-0.2, 0) is 13.0 Å². The highest BCUT2D eigenvalue weighted by Gasteiger charge is 2.19. The standard InChI is InChI=1S/C33H23FN2O3S/c34-27-7-3-6-25(16-27)26-17-28(32(37)35-19-20-8-12-23(13-9-20)33(38)39)31-29(36-40-30(31)18-26)15-21-10-11-22-4-1-2-5-24(22)14-21/h1-14,16-18H,15,19H2,(H,35,37)(H,38,39). The number of nitrogens with one attached hydrogen (secondary N) is 1. The van der Waals surface area contributed by atoms with Crippen LogP contribution in [0.3, 0.4) is 0 Å². The molecule has 0 fully saturated rings. The van der Waals surface area contributed by atoms with Gasteiger partial charge < -0.3 is 10.4 Å². The first-order valence-corrected chi connectivity index (χ1v) is 13.5. The number of carbonyl (C=O) groups is 2. The SMILES string of the molecule is O=C(O)c1ccc(CNC(=O)c2cc(-c3cccc(F)c3)cc3snc(Cc4ccc5ccccc5c4)c23)cc1. The second-order valence-electron chi connectivity index (χ2n) is 9.58. The molecule has 6 rings (SSSR count). The molecule has 2 N–H and O–H groups in total. The largest absolute Gasteiger partial charge is 0.478 e. The van der Waals surface area contributed by atoms with Gasteiger partial charge in [0.15, 0.2) is 0 Å². The van der Waals surface area contributed by atoms with Gasteiger partial charge in [0.1, 0.15) is 5.82 Å². The molecule has 7 heteroatoms. The van der Waals surface area contributed by atoms with Gasteiger partial charge in [-0.05, 0) is 81.0 Å². The first-order valence-electron chi connectivity index (χ1n) is 12.7. The smallest absolute Gasteiger partial charge is 0.335 e. The summed E-state index contributed by atoms with van der Waals surface area (Å²) in [4.78, 5) is 24.8. The van der Waals surface area contributed by atoms with Gasteiger partial charge in [-0.1, -0.05) is 66.7 Å². The molecule has 1 amide bonds. The van der Waals surface area contributed by atoms with Gasteiger partial charge in [-0.2, -0.15) is 4.37 Å². The molecule has 0 spiro atoms. The maximum atomic E-state index is 14.0. The Kier molecular flexibility index (Phi) is 6.80. The molecule has 0 aliphatic rings. The minimum atomic E-state index is -1.00. The lowest BCUT2D eigenvalue weighted by atomic mass is 9.96. The van der Waals surface area contributed by atoms with Crippen LogP contribution >= 0.6 is 11.5 Å². The number of halogens is 1. The second kappa shape index (κ2) is 10.7. The molecule has 0 radical (unpaired) electrons. The molecule has 0 aliphatic heterocycles. The van der Waals surface area contributed by atoms with Crippen molar-refractivity contribution in [1.29, 1.82) is 0 Å². The number of hydrogen-bond acceptors (Lipinski definition) is 4. The monoisotopic (exact) mass is 546 g/mol. The van der Waals surface area contributed by atoms with Crippen LogP contribution in [0.15, 0.2) is 103 Å². The van der Waals surface area contributed by atoms with Crippen molar-refractivity contribution >= 4 is 44.3 Å². The van der Waals surface area contributed by atoms with Crippen LogP contribution in [0.4, 0.5) is 4.39 Å². The van der Waals surface area contributed by atoms with E-state index in [9.17, 15) is 14.0 Å². The lowest BCUT2D eigenvalue weighted by Gasteiger charge is -2.11. The Morgan fingerprint density at radius 3 is 2.35 bits per heavy atom. The van der Waals surface area contributed by atoms with Crippen LogP contribution in [0.1, 0.15) is 37.5 Å². The zero-order valence-corrected chi connectivity index (χ0v) is 22.0. The van der Waals surface area contributed by atoms with E-state index in [2.05, 4.69) is 35.6 Å². The van der Waals surface area contributed by atoms with Crippen molar-refractivity contribution in [2.75, 3.05) is 0 Å². The fraction of sp³-hybridized carbons (Fsp3) is 0.0606. The van der Waals surface area contributed by atoms with Crippen molar-refractivity contribution in [3.05, 3.63) is 137 Å². The average molecular weight is 547 g/mol. The van der Waals surface area contributed by atoms with E-state index in [0.29, 0.717) is 17.5 Å². The lowest BCUT2D eigenvalue weighted by Crippen LogP contribution is -2.23. The van der Waals surface area contributed by atoms with Gasteiger partial charge in [-0.15, -0.1) is 0 Å². The minimum absolute atomic E-state index is 0.183. The highest BCUT2D eigenvalue weighted by Crippen LogP contribution is 2.34. The van der Waals surface area contributed by atoms with E-state index >= 15 is 0 Å². The lowest BCUT2D eigenvalue weighted by molar-refractivity contribution is 0.0696. The summed E-state index contributed by atoms with van der Waals surface area (Å²) in [7, 11) is 0. The Morgan fingerprint density at radius 2 is 1.57 bits per heavy atom. The number of amides is 1. The molecule has 5 nitrogen and oxygen atoms in total. The molecule has 196 valence electrons. The van der Waals surface area contributed by atoms with E-state index < -0.39 is 5.97 Å². The summed E-state index contributed by atoms with van der Waals surface area (Å²) in [6.45, 7) is 0.224. The van der Waals surface area contributed by atoms with Gasteiger partial charge in [0.25, 0.3) is 5.91 Å². The summed E-state index contributed by atoms with van der Waals surface area (Å²) in [6.07, 6.45) is 0.557. The molecule has 5 aromatic carbocycles. The maximum absolute atomic E-state index is 14.0. The van der Waals surface area contributed by atoms with Crippen molar-refractivity contribution < 1.29 is 19.1 Å². The molecule has 0 bridgehead atoms. The minimum Gasteiger partial charge on any atom is -0.478 e. The molecule has 1 aromatic heterocycles. The number of fused-ring (bicyclic) bond motifs is 2. The third-order valence-electron chi connectivity index (χ3n) is 6.89. The summed E-state index contributed by atoms with van der Waals surface area (Å²) in [5.74, 6) is -1.64. The first-order chi connectivity index (χ1) is 19.4. The molecule has 40 heavy (non-hydrogen) atoms. The zero-order chi connectivity index (χ0) is 27.6. The fourth-order valence-corrected chi connectivity index (χ4v) is 5.72. The quantitative estimate of drug-likeness (QED) is 0.218. The van der Waals surface area contributed by atoms with E-state index in [4.69, 9.17) is 9.48 Å². The Bertz CT molecular complexity index is 1900. The van der Waals surface area contributed by atoms with Crippen LogP contribution in [0, 0.1) is 5.82 Å². The van der Waals surface area contributed by atoms with Gasteiger partial charge in [-0.25, -0.2) is 9.18 Å². The maximum Gasteiger partial charge on any atom is 0.335 e. The van der Waals surface area contributed by atoms with Crippen molar-refractivity contribution in [3.8, 4) is 11.1 Å². The van der Waals surface area contributed by atoms with Gasteiger partial charge in [0, 0.05) is 18.4 Å². The zero-order valence-electron chi connectivity index (χ0n) is 21.2. The third kappa shape index (κ3) is 5.19. The molecule has 0 aliphatic carbocycles. The normalized spacial score (nSPS) is 11.1. The Labute approximate surface area is 233 Å². The number of hydrogen-bond donors (Lipinski definition) is 2. The van der Waals surface area contributed by atoms with Gasteiger partial charge in [0.05, 0.1) is 21.5 Å². The Morgan fingerprint density at radius 1 is 0.800 bits per heavy atom. The summed E-state index contributed by atoms with van der Waals surface area (Å²) in [5, 5.41) is 15.2. The molecule has 1 heterocycles. The number of benzene rings is 5. The van der Waals surface area contributed by atoms with Crippen LogP contribution < -0.4 is 5.32 Å². The molecule has 0 saturated heterocycles. The number of carbonyl (C=O) groups excluding carboxylic acids is 1.